The summed E-state index contributed by atoms with van der Waals surface area (Å²) in [6.07, 6.45) is 0. The van der Waals surface area contributed by atoms with Crippen LogP contribution < -0.4 is 0 Å². The predicted octanol–water partition coefficient (Wildman–Crippen LogP) is 8.88. The molecule has 13 heteroatoms. The van der Waals surface area contributed by atoms with Gasteiger partial charge in [0.15, 0.2) is 5.60 Å². The third-order valence-corrected chi connectivity index (χ3v) is 12.3. The van der Waals surface area contributed by atoms with Gasteiger partial charge in [-0.25, -0.2) is 4.79 Å². The highest BCUT2D eigenvalue weighted by molar-refractivity contribution is 7.55. The molecule has 0 saturated carbocycles. The topological polar surface area (TPSA) is 124 Å². The number of carbonyl (C=O) groups is 1. The van der Waals surface area contributed by atoms with Crippen molar-refractivity contribution >= 4 is 21.2 Å². The van der Waals surface area contributed by atoms with Crippen molar-refractivity contribution in [1.29, 1.82) is 0 Å². The fraction of sp³-hybridized carbons (Fsp3) is 0.968. The van der Waals surface area contributed by atoms with Gasteiger partial charge >= 0.3 is 21.2 Å². The minimum atomic E-state index is -3.61. The Bertz CT molecular complexity index is 941. The molecule has 2 unspecified atom stereocenters. The van der Waals surface area contributed by atoms with Gasteiger partial charge in [-0.3, -0.25) is 18.9 Å². The predicted molar refractivity (Wildman–Crippen MR) is 180 cm³/mol. The van der Waals surface area contributed by atoms with Gasteiger partial charge in [-0.1, -0.05) is 41.5 Å². The van der Waals surface area contributed by atoms with Crippen molar-refractivity contribution in [2.45, 2.75) is 153 Å². The molecule has 11 nitrogen and oxygen atoms in total. The molecule has 0 aromatic carbocycles. The van der Waals surface area contributed by atoms with Gasteiger partial charge in [0, 0.05) is 11.1 Å². The van der Waals surface area contributed by atoms with Crippen molar-refractivity contribution in [3.05, 3.63) is 0 Å². The van der Waals surface area contributed by atoms with Crippen LogP contribution in [0.25, 0.3) is 0 Å². The number of rotatable bonds is 15. The van der Waals surface area contributed by atoms with E-state index in [1.54, 1.807) is 13.8 Å². The minimum Gasteiger partial charge on any atom is -0.479 e. The summed E-state index contributed by atoms with van der Waals surface area (Å²) in [6.45, 7) is 35.2. The standard InChI is InChI=1S/C17H36NO6P.C14H32NO3P/c1-11-22-25(21,23-12-2)13(15(3,4)5)18(16(6,7)8)24-17(9,10)14(19)20;1-10-17-19(16,18-11-2)12(13(3,4)5)15(9)14(6,7)8/h13H,11-12H2,1-10H3,(H,19,20);12H,10-11H2,1-9H3. The highest BCUT2D eigenvalue weighted by Gasteiger charge is 2.53. The number of hydrogen-bond acceptors (Lipinski definition) is 10. The normalized spacial score (nSPS) is 15.7. The monoisotopic (exact) mass is 674 g/mol. The molecule has 0 spiro atoms. The van der Waals surface area contributed by atoms with E-state index >= 15 is 0 Å². The summed E-state index contributed by atoms with van der Waals surface area (Å²) in [6, 6.07) is 0. The smallest absolute Gasteiger partial charge is 0.350 e. The Morgan fingerprint density at radius 3 is 1.11 bits per heavy atom. The number of carboxylic acids is 1. The van der Waals surface area contributed by atoms with Crippen molar-refractivity contribution in [3.8, 4) is 0 Å². The van der Waals surface area contributed by atoms with Crippen LogP contribution in [0.1, 0.15) is 125 Å². The Morgan fingerprint density at radius 1 is 0.614 bits per heavy atom. The molecule has 44 heavy (non-hydrogen) atoms. The quantitative estimate of drug-likeness (QED) is 0.132. The first-order valence-corrected chi connectivity index (χ1v) is 18.9. The first-order valence-electron chi connectivity index (χ1n) is 15.6. The Balaban J connectivity index is 0. The average Bonchev–Trinajstić information content (AvgIpc) is 2.76. The molecule has 0 saturated heterocycles. The van der Waals surface area contributed by atoms with Crippen LogP contribution in [0.4, 0.5) is 0 Å². The van der Waals surface area contributed by atoms with Gasteiger partial charge < -0.3 is 23.2 Å². The maximum absolute atomic E-state index is 13.6. The van der Waals surface area contributed by atoms with Crippen LogP contribution in [0.5, 0.6) is 0 Å². The second-order valence-electron chi connectivity index (χ2n) is 15.4. The second kappa shape index (κ2) is 17.2. The molecule has 0 bridgehead atoms. The molecule has 0 aliphatic carbocycles. The minimum absolute atomic E-state index is 0.109. The first-order chi connectivity index (χ1) is 19.4. The molecule has 2 atom stereocenters. The fourth-order valence-electron chi connectivity index (χ4n) is 4.50. The lowest BCUT2D eigenvalue weighted by atomic mass is 9.93. The molecule has 0 aliphatic heterocycles. The Labute approximate surface area is 270 Å². The van der Waals surface area contributed by atoms with Crippen molar-refractivity contribution in [2.75, 3.05) is 33.5 Å². The zero-order valence-electron chi connectivity index (χ0n) is 31.5. The zero-order chi connectivity index (χ0) is 35.8. The molecule has 1 N–H and O–H groups in total. The van der Waals surface area contributed by atoms with Gasteiger partial charge in [-0.2, -0.15) is 5.06 Å². The molecular formula is C31H68N2O9P2. The number of carboxylic acid groups (broad SMARTS) is 1. The highest BCUT2D eigenvalue weighted by Crippen LogP contribution is 2.61. The van der Waals surface area contributed by atoms with E-state index in [0.717, 1.165) is 0 Å². The zero-order valence-corrected chi connectivity index (χ0v) is 33.3. The van der Waals surface area contributed by atoms with Gasteiger partial charge in [0.05, 0.1) is 26.4 Å². The Hall–Kier alpha value is -0.350. The SMILES string of the molecule is CCOP(=O)(OCC)C(N(C)C(C)(C)C)C(C)(C)C.CCOP(=O)(OCC)C(N(OC(C)(C)C(=O)O)C(C)(C)C)C(C)(C)C. The summed E-state index contributed by atoms with van der Waals surface area (Å²) >= 11 is 0. The molecule has 0 radical (unpaired) electrons. The maximum Gasteiger partial charge on any atom is 0.350 e. The van der Waals surface area contributed by atoms with Crippen molar-refractivity contribution in [3.63, 3.8) is 0 Å². The third kappa shape index (κ3) is 13.8. The fourth-order valence-corrected chi connectivity index (χ4v) is 9.98. The molecule has 0 rings (SSSR count). The number of nitrogens with zero attached hydrogens (tertiary/aromatic N) is 2. The van der Waals surface area contributed by atoms with Crippen LogP contribution in [-0.2, 0) is 36.9 Å². The number of aliphatic carboxylic acids is 1. The summed E-state index contributed by atoms with van der Waals surface area (Å²) < 4.78 is 49.0. The van der Waals surface area contributed by atoms with E-state index in [2.05, 4.69) is 46.4 Å². The Morgan fingerprint density at radius 2 is 0.909 bits per heavy atom. The second-order valence-corrected chi connectivity index (χ2v) is 19.6. The maximum atomic E-state index is 13.6. The molecule has 0 aliphatic rings. The lowest BCUT2D eigenvalue weighted by Gasteiger charge is -2.49. The summed E-state index contributed by atoms with van der Waals surface area (Å²) in [5.74, 6) is -2.18. The van der Waals surface area contributed by atoms with Crippen LogP contribution >= 0.6 is 15.2 Å². The summed E-state index contributed by atoms with van der Waals surface area (Å²) in [4.78, 5) is 19.6. The van der Waals surface area contributed by atoms with Gasteiger partial charge in [0.2, 0.25) is 0 Å². The van der Waals surface area contributed by atoms with E-state index in [9.17, 15) is 19.0 Å². The summed E-state index contributed by atoms with van der Waals surface area (Å²) in [5.41, 5.74) is -3.03. The van der Waals surface area contributed by atoms with E-state index in [4.69, 9.17) is 22.9 Å². The lowest BCUT2D eigenvalue weighted by molar-refractivity contribution is -0.290. The van der Waals surface area contributed by atoms with Crippen molar-refractivity contribution < 1.29 is 42.0 Å². The van der Waals surface area contributed by atoms with E-state index in [1.807, 2.05) is 62.4 Å². The third-order valence-electron chi connectivity index (χ3n) is 6.53. The van der Waals surface area contributed by atoms with Crippen LogP contribution in [0.3, 0.4) is 0 Å². The van der Waals surface area contributed by atoms with Gasteiger partial charge in [-0.05, 0) is 101 Å². The summed E-state index contributed by atoms with van der Waals surface area (Å²) in [5, 5.41) is 10.9. The largest absolute Gasteiger partial charge is 0.479 e. The van der Waals surface area contributed by atoms with Gasteiger partial charge in [0.25, 0.3) is 0 Å². The molecule has 0 amide bonds. The lowest BCUT2D eigenvalue weighted by Crippen LogP contribution is -2.57. The molecule has 266 valence electrons. The number of hydrogen-bond donors (Lipinski definition) is 1. The first kappa shape index (κ1) is 45.8. The molecule has 0 aromatic rings. The molecule has 0 heterocycles. The summed E-state index contributed by atoms with van der Waals surface area (Å²) in [7, 11) is -4.80. The van der Waals surface area contributed by atoms with E-state index in [1.165, 1.54) is 18.9 Å². The van der Waals surface area contributed by atoms with Crippen LogP contribution in [0.2, 0.25) is 0 Å². The Kier molecular flexibility index (Phi) is 17.9. The van der Waals surface area contributed by atoms with Crippen molar-refractivity contribution in [1.82, 2.24) is 9.96 Å². The molecular weight excluding hydrogens is 606 g/mol. The van der Waals surface area contributed by atoms with Crippen LogP contribution in [0, 0.1) is 10.8 Å². The van der Waals surface area contributed by atoms with Crippen molar-refractivity contribution in [2.24, 2.45) is 10.8 Å². The highest BCUT2D eigenvalue weighted by atomic mass is 31.2. The molecule has 0 aromatic heterocycles. The number of hydroxylamine groups is 2. The van der Waals surface area contributed by atoms with Gasteiger partial charge in [0.1, 0.15) is 11.6 Å². The van der Waals surface area contributed by atoms with E-state index < -0.39 is 43.5 Å². The van der Waals surface area contributed by atoms with Crippen LogP contribution in [-0.4, -0.2) is 82.8 Å². The average molecular weight is 675 g/mol. The van der Waals surface area contributed by atoms with Crippen LogP contribution in [0.15, 0.2) is 0 Å². The van der Waals surface area contributed by atoms with Gasteiger partial charge in [-0.15, -0.1) is 0 Å². The van der Waals surface area contributed by atoms with E-state index in [0.29, 0.717) is 13.2 Å². The molecule has 0 fully saturated rings. The van der Waals surface area contributed by atoms with E-state index in [-0.39, 0.29) is 30.0 Å².